The fraction of sp³-hybridized carbons (Fsp3) is 0.552. The summed E-state index contributed by atoms with van der Waals surface area (Å²) in [4.78, 5) is 45.9. The molecule has 0 aromatic heterocycles. The number of aromatic hydroxyl groups is 1. The predicted molar refractivity (Wildman–Crippen MR) is 144 cm³/mol. The maximum Gasteiger partial charge on any atom is 0.255 e. The van der Waals surface area contributed by atoms with Crippen molar-refractivity contribution in [2.45, 2.75) is 38.3 Å². The second-order valence-corrected chi connectivity index (χ2v) is 12.0. The molecule has 1 fully saturated rings. The van der Waals surface area contributed by atoms with E-state index in [2.05, 4.69) is 23.8 Å². The van der Waals surface area contributed by atoms with Crippen LogP contribution in [0.3, 0.4) is 0 Å². The molecule has 208 valence electrons. The van der Waals surface area contributed by atoms with Crippen LogP contribution in [-0.4, -0.2) is 89.4 Å². The number of carbonyl (C=O) groups is 3. The van der Waals surface area contributed by atoms with Crippen LogP contribution in [0.2, 0.25) is 0 Å². The number of likely N-dealkylation sites (N-methyl/N-ethyl adjacent to an activating group) is 1. The number of anilines is 1. The van der Waals surface area contributed by atoms with Crippen molar-refractivity contribution in [3.05, 3.63) is 45.4 Å². The van der Waals surface area contributed by atoms with Gasteiger partial charge in [-0.05, 0) is 88.8 Å². The summed E-state index contributed by atoms with van der Waals surface area (Å²) in [6, 6.07) is 1.16. The van der Waals surface area contributed by atoms with Gasteiger partial charge in [0.2, 0.25) is 0 Å². The molecule has 10 heteroatoms. The number of allylic oxidation sites excluding steroid dienone is 2. The molecule has 1 aromatic rings. The van der Waals surface area contributed by atoms with E-state index in [1.807, 2.05) is 0 Å². The number of amides is 1. The molecule has 6 atom stereocenters. The minimum atomic E-state index is -1.17. The normalized spacial score (nSPS) is 32.2. The minimum absolute atomic E-state index is 0.108. The topological polar surface area (TPSA) is 148 Å². The van der Waals surface area contributed by atoms with Crippen molar-refractivity contribution in [1.82, 2.24) is 9.80 Å². The third-order valence-corrected chi connectivity index (χ3v) is 9.81. The van der Waals surface area contributed by atoms with Crippen LogP contribution >= 0.6 is 0 Å². The Labute approximate surface area is 227 Å². The van der Waals surface area contributed by atoms with Gasteiger partial charge in [0.1, 0.15) is 22.8 Å². The number of likely N-dealkylation sites (tertiary alicyclic amines) is 1. The van der Waals surface area contributed by atoms with Gasteiger partial charge in [0.05, 0.1) is 17.5 Å². The van der Waals surface area contributed by atoms with Gasteiger partial charge in [-0.25, -0.2) is 0 Å². The highest BCUT2D eigenvalue weighted by molar-refractivity contribution is 6.22. The van der Waals surface area contributed by atoms with Gasteiger partial charge in [-0.15, -0.1) is 0 Å². The van der Waals surface area contributed by atoms with Crippen molar-refractivity contribution in [1.29, 1.82) is 0 Å². The summed E-state index contributed by atoms with van der Waals surface area (Å²) in [7, 11) is 5.55. The zero-order valence-corrected chi connectivity index (χ0v) is 22.8. The third kappa shape index (κ3) is 3.43. The van der Waals surface area contributed by atoms with E-state index in [9.17, 15) is 29.7 Å². The second kappa shape index (κ2) is 8.82. The number of phenols is 1. The zero-order valence-electron chi connectivity index (χ0n) is 22.8. The van der Waals surface area contributed by atoms with Gasteiger partial charge in [0, 0.05) is 30.4 Å². The number of benzene rings is 1. The average Bonchev–Trinajstić information content (AvgIpc) is 3.23. The standard InChI is InChI=1S/C29H36N4O6/c1-5-33-11-12-6-7-32(4)22(12)16-10-17(34)19-14(23(16)33)8-13-9-15-20(26(36)18(13)25(19)35)27(37)21(29(30)39)28(38)24(15)31(2)3/h10,12-13,15,20,22,24,34,36,38H,5-9,11H2,1-4H3,(H2,30,39)/t12?,13-,15+,20-,22?,24-/m1/s1. The lowest BCUT2D eigenvalue weighted by atomic mass is 9.60. The maximum atomic E-state index is 14.0. The van der Waals surface area contributed by atoms with E-state index < -0.39 is 46.8 Å². The van der Waals surface area contributed by atoms with E-state index in [0.717, 1.165) is 42.9 Å². The number of aliphatic hydroxyl groups excluding tert-OH is 2. The lowest BCUT2D eigenvalue weighted by molar-refractivity contribution is -0.127. The number of aliphatic hydroxyl groups is 2. The highest BCUT2D eigenvalue weighted by atomic mass is 16.3. The van der Waals surface area contributed by atoms with E-state index in [0.29, 0.717) is 18.8 Å². The average molecular weight is 537 g/mol. The number of nitrogens with two attached hydrogens (primary N) is 1. The zero-order chi connectivity index (χ0) is 28.1. The maximum absolute atomic E-state index is 14.0. The third-order valence-electron chi connectivity index (χ3n) is 9.81. The van der Waals surface area contributed by atoms with Gasteiger partial charge in [0.15, 0.2) is 11.6 Å². The number of primary amides is 1. The highest BCUT2D eigenvalue weighted by Crippen LogP contribution is 2.55. The Morgan fingerprint density at radius 3 is 2.54 bits per heavy atom. The quantitative estimate of drug-likeness (QED) is 0.425. The van der Waals surface area contributed by atoms with Crippen LogP contribution < -0.4 is 10.6 Å². The Morgan fingerprint density at radius 2 is 1.90 bits per heavy atom. The summed E-state index contributed by atoms with van der Waals surface area (Å²) in [5.41, 5.74) is 8.04. The van der Waals surface area contributed by atoms with Gasteiger partial charge in [-0.3, -0.25) is 24.2 Å². The Hall–Kier alpha value is -3.37. The van der Waals surface area contributed by atoms with Crippen LogP contribution in [-0.2, 0) is 16.0 Å². The monoisotopic (exact) mass is 536 g/mol. The van der Waals surface area contributed by atoms with Crippen molar-refractivity contribution in [2.24, 2.45) is 29.4 Å². The van der Waals surface area contributed by atoms with E-state index >= 15 is 0 Å². The van der Waals surface area contributed by atoms with Crippen molar-refractivity contribution in [2.75, 3.05) is 45.7 Å². The SMILES string of the molecule is CCN1CC2CCN(C)C2c2cc(O)c3c(c21)C[C@@H]1C[C@H]2[C@@H](C(=O)C(C(N)=O)=C(O)[C@@H]2N(C)C)C(O)=C1C3=O. The van der Waals surface area contributed by atoms with Crippen LogP contribution in [0.4, 0.5) is 5.69 Å². The first-order valence-corrected chi connectivity index (χ1v) is 13.7. The van der Waals surface area contributed by atoms with Crippen LogP contribution in [0.25, 0.3) is 0 Å². The molecule has 1 saturated heterocycles. The van der Waals surface area contributed by atoms with Crippen molar-refractivity contribution in [3.8, 4) is 5.75 Å². The molecule has 2 heterocycles. The highest BCUT2D eigenvalue weighted by Gasteiger charge is 2.55. The summed E-state index contributed by atoms with van der Waals surface area (Å²) >= 11 is 0. The minimum Gasteiger partial charge on any atom is -0.511 e. The van der Waals surface area contributed by atoms with Crippen molar-refractivity contribution < 1.29 is 29.7 Å². The predicted octanol–water partition coefficient (Wildman–Crippen LogP) is 1.84. The number of carbonyl (C=O) groups excluding carboxylic acids is 3. The summed E-state index contributed by atoms with van der Waals surface area (Å²) in [6.45, 7) is 4.70. The Kier molecular flexibility index (Phi) is 5.86. The van der Waals surface area contributed by atoms with Crippen LogP contribution in [0.1, 0.15) is 47.3 Å². The molecule has 5 aliphatic rings. The molecule has 5 N–H and O–H groups in total. The number of fused-ring (bicyclic) bond motifs is 7. The first-order valence-electron chi connectivity index (χ1n) is 13.7. The van der Waals surface area contributed by atoms with Gasteiger partial charge >= 0.3 is 0 Å². The lowest BCUT2D eigenvalue weighted by Crippen LogP contribution is -2.53. The fourth-order valence-electron chi connectivity index (χ4n) is 8.32. The van der Waals surface area contributed by atoms with Crippen LogP contribution in [0, 0.1) is 23.7 Å². The summed E-state index contributed by atoms with van der Waals surface area (Å²) in [5.74, 6) is -4.89. The van der Waals surface area contributed by atoms with Gasteiger partial charge in [-0.2, -0.15) is 0 Å². The van der Waals surface area contributed by atoms with E-state index in [-0.39, 0.29) is 34.4 Å². The van der Waals surface area contributed by atoms with Crippen LogP contribution in [0.5, 0.6) is 5.75 Å². The fourth-order valence-corrected chi connectivity index (χ4v) is 8.32. The number of hydrogen-bond acceptors (Lipinski definition) is 9. The summed E-state index contributed by atoms with van der Waals surface area (Å²) in [5, 5.41) is 33.7. The molecular formula is C29H36N4O6. The Balaban J connectivity index is 1.52. The summed E-state index contributed by atoms with van der Waals surface area (Å²) in [6.07, 6.45) is 1.84. The largest absolute Gasteiger partial charge is 0.511 e. The van der Waals surface area contributed by atoms with E-state index in [1.165, 1.54) is 0 Å². The molecule has 6 rings (SSSR count). The molecule has 0 bridgehead atoms. The van der Waals surface area contributed by atoms with Crippen molar-refractivity contribution >= 4 is 23.2 Å². The van der Waals surface area contributed by atoms with Gasteiger partial charge in [-0.1, -0.05) is 0 Å². The van der Waals surface area contributed by atoms with Gasteiger partial charge in [0.25, 0.3) is 5.91 Å². The molecule has 1 amide bonds. The van der Waals surface area contributed by atoms with E-state index in [4.69, 9.17) is 5.73 Å². The first-order chi connectivity index (χ1) is 18.5. The number of phenolic OH excluding ortho intramolecular Hbond substituents is 1. The Morgan fingerprint density at radius 1 is 1.18 bits per heavy atom. The molecule has 3 aliphatic carbocycles. The molecule has 0 spiro atoms. The molecule has 1 aromatic carbocycles. The van der Waals surface area contributed by atoms with Crippen LogP contribution in [0.15, 0.2) is 28.7 Å². The number of nitrogens with zero attached hydrogens (tertiary/aromatic N) is 3. The molecule has 2 unspecified atom stereocenters. The van der Waals surface area contributed by atoms with Crippen molar-refractivity contribution in [3.63, 3.8) is 0 Å². The Bertz CT molecular complexity index is 1380. The molecule has 0 radical (unpaired) electrons. The lowest BCUT2D eigenvalue weighted by Gasteiger charge is -2.47. The van der Waals surface area contributed by atoms with Gasteiger partial charge < -0.3 is 26.0 Å². The molecule has 0 saturated carbocycles. The molecule has 2 aliphatic heterocycles. The smallest absolute Gasteiger partial charge is 0.255 e. The molecular weight excluding hydrogens is 500 g/mol. The number of Topliss-reactive ketones (excluding diaryl/α,β-unsaturated/α-hetero) is 2. The van der Waals surface area contributed by atoms with E-state index in [1.54, 1.807) is 25.1 Å². The molecule has 39 heavy (non-hydrogen) atoms. The number of rotatable bonds is 3. The first kappa shape index (κ1) is 25.9. The number of ketones is 2. The number of hydrogen-bond donors (Lipinski definition) is 4. The molecule has 10 nitrogen and oxygen atoms in total. The second-order valence-electron chi connectivity index (χ2n) is 12.0. The summed E-state index contributed by atoms with van der Waals surface area (Å²) < 4.78 is 0.